The van der Waals surface area contributed by atoms with E-state index in [0.29, 0.717) is 23.9 Å². The molecule has 0 fully saturated rings. The summed E-state index contributed by atoms with van der Waals surface area (Å²) in [6.45, 7) is 2.32. The summed E-state index contributed by atoms with van der Waals surface area (Å²) >= 11 is 0. The third-order valence-corrected chi connectivity index (χ3v) is 2.19. The third-order valence-electron chi connectivity index (χ3n) is 2.19. The summed E-state index contributed by atoms with van der Waals surface area (Å²) in [7, 11) is 0. The van der Waals surface area contributed by atoms with Gasteiger partial charge >= 0.3 is 0 Å². The van der Waals surface area contributed by atoms with Crippen LogP contribution in [0.2, 0.25) is 0 Å². The van der Waals surface area contributed by atoms with Crippen molar-refractivity contribution in [1.82, 2.24) is 9.97 Å². The van der Waals surface area contributed by atoms with E-state index in [1.54, 1.807) is 0 Å². The first kappa shape index (κ1) is 11.1. The van der Waals surface area contributed by atoms with E-state index >= 15 is 0 Å². The summed E-state index contributed by atoms with van der Waals surface area (Å²) in [5, 5.41) is 8.90. The van der Waals surface area contributed by atoms with E-state index in [2.05, 4.69) is 9.97 Å². The van der Waals surface area contributed by atoms with Crippen molar-refractivity contribution in [3.05, 3.63) is 42.1 Å². The Morgan fingerprint density at radius 2 is 2.06 bits per heavy atom. The van der Waals surface area contributed by atoms with Gasteiger partial charge in [0.15, 0.2) is 5.82 Å². The minimum absolute atomic E-state index is 0.337. The highest BCUT2D eigenvalue weighted by Gasteiger charge is 2.08. The minimum Gasteiger partial charge on any atom is -0.477 e. The Bertz CT molecular complexity index is 546. The summed E-state index contributed by atoms with van der Waals surface area (Å²) in [5.74, 6) is 0.900. The maximum absolute atomic E-state index is 8.90. The molecular weight excluding hydrogens is 214 g/mol. The van der Waals surface area contributed by atoms with Crippen molar-refractivity contribution in [2.45, 2.75) is 6.92 Å². The van der Waals surface area contributed by atoms with Crippen molar-refractivity contribution < 1.29 is 4.74 Å². The largest absolute Gasteiger partial charge is 0.477 e. The van der Waals surface area contributed by atoms with Crippen LogP contribution in [-0.4, -0.2) is 16.6 Å². The first-order chi connectivity index (χ1) is 8.35. The fourth-order valence-electron chi connectivity index (χ4n) is 1.42. The van der Waals surface area contributed by atoms with Crippen molar-refractivity contribution >= 4 is 0 Å². The zero-order valence-corrected chi connectivity index (χ0v) is 9.42. The maximum Gasteiger partial charge on any atom is 0.235 e. The summed E-state index contributed by atoms with van der Waals surface area (Å²) < 4.78 is 5.32. The molecule has 2 rings (SSSR count). The highest BCUT2D eigenvalue weighted by Crippen LogP contribution is 2.19. The zero-order valence-electron chi connectivity index (χ0n) is 9.42. The van der Waals surface area contributed by atoms with E-state index in [9.17, 15) is 0 Å². The lowest BCUT2D eigenvalue weighted by Crippen LogP contribution is -2.00. The van der Waals surface area contributed by atoms with Gasteiger partial charge in [0.05, 0.1) is 12.8 Å². The van der Waals surface area contributed by atoms with Gasteiger partial charge in [-0.2, -0.15) is 10.2 Å². The van der Waals surface area contributed by atoms with Gasteiger partial charge in [0, 0.05) is 5.56 Å². The van der Waals surface area contributed by atoms with Gasteiger partial charge < -0.3 is 4.74 Å². The Hall–Kier alpha value is -2.41. The smallest absolute Gasteiger partial charge is 0.235 e. The average molecular weight is 225 g/mol. The lowest BCUT2D eigenvalue weighted by atomic mass is 10.2. The molecule has 0 atom stereocenters. The van der Waals surface area contributed by atoms with E-state index in [-0.39, 0.29) is 0 Å². The summed E-state index contributed by atoms with van der Waals surface area (Å²) in [4.78, 5) is 8.40. The lowest BCUT2D eigenvalue weighted by Gasteiger charge is -2.05. The first-order valence-corrected chi connectivity index (χ1v) is 5.30. The van der Waals surface area contributed by atoms with Crippen LogP contribution >= 0.6 is 0 Å². The Labute approximate surface area is 99.5 Å². The number of aromatic nitrogens is 2. The molecule has 0 amide bonds. The predicted molar refractivity (Wildman–Crippen MR) is 63.4 cm³/mol. The van der Waals surface area contributed by atoms with Crippen LogP contribution in [0.1, 0.15) is 12.5 Å². The SMILES string of the molecule is CCOc1nc(-c2ccccc2)ncc1C#N. The molecule has 0 saturated heterocycles. The molecule has 17 heavy (non-hydrogen) atoms. The molecule has 4 nitrogen and oxygen atoms in total. The highest BCUT2D eigenvalue weighted by molar-refractivity contribution is 5.56. The van der Waals surface area contributed by atoms with Crippen LogP contribution in [-0.2, 0) is 0 Å². The number of nitrogens with zero attached hydrogens (tertiary/aromatic N) is 3. The quantitative estimate of drug-likeness (QED) is 0.804. The van der Waals surface area contributed by atoms with E-state index in [0.717, 1.165) is 5.56 Å². The molecule has 0 aliphatic rings. The lowest BCUT2D eigenvalue weighted by molar-refractivity contribution is 0.325. The van der Waals surface area contributed by atoms with E-state index in [1.807, 2.05) is 43.3 Å². The van der Waals surface area contributed by atoms with Crippen LogP contribution in [0.3, 0.4) is 0 Å². The van der Waals surface area contributed by atoms with Gasteiger partial charge in [-0.1, -0.05) is 30.3 Å². The molecule has 0 bridgehead atoms. The van der Waals surface area contributed by atoms with E-state index in [4.69, 9.17) is 10.00 Å². The van der Waals surface area contributed by atoms with Crippen molar-refractivity contribution in [2.24, 2.45) is 0 Å². The van der Waals surface area contributed by atoms with Gasteiger partial charge in [0.25, 0.3) is 0 Å². The molecule has 2 aromatic rings. The average Bonchev–Trinajstić information content (AvgIpc) is 2.40. The fourth-order valence-corrected chi connectivity index (χ4v) is 1.42. The summed E-state index contributed by atoms with van der Waals surface area (Å²) in [6, 6.07) is 11.6. The Morgan fingerprint density at radius 3 is 2.71 bits per heavy atom. The Morgan fingerprint density at radius 1 is 1.29 bits per heavy atom. The van der Waals surface area contributed by atoms with Crippen molar-refractivity contribution in [1.29, 1.82) is 5.26 Å². The number of rotatable bonds is 3. The molecule has 1 aromatic carbocycles. The monoisotopic (exact) mass is 225 g/mol. The molecule has 1 aromatic heterocycles. The molecule has 0 unspecified atom stereocenters. The number of nitriles is 1. The number of benzene rings is 1. The summed E-state index contributed by atoms with van der Waals surface area (Å²) in [5.41, 5.74) is 1.25. The number of ether oxygens (including phenoxy) is 1. The fraction of sp³-hybridized carbons (Fsp3) is 0.154. The molecule has 0 spiro atoms. The van der Waals surface area contributed by atoms with Gasteiger partial charge in [-0.25, -0.2) is 4.98 Å². The molecule has 1 heterocycles. The first-order valence-electron chi connectivity index (χ1n) is 5.30. The number of hydrogen-bond acceptors (Lipinski definition) is 4. The predicted octanol–water partition coefficient (Wildman–Crippen LogP) is 2.41. The van der Waals surface area contributed by atoms with Crippen LogP contribution < -0.4 is 4.74 Å². The molecular formula is C13H11N3O. The van der Waals surface area contributed by atoms with Gasteiger partial charge in [0.1, 0.15) is 11.6 Å². The molecule has 0 N–H and O–H groups in total. The summed E-state index contributed by atoms with van der Waals surface area (Å²) in [6.07, 6.45) is 1.49. The second kappa shape index (κ2) is 5.08. The molecule has 0 radical (unpaired) electrons. The van der Waals surface area contributed by atoms with Gasteiger partial charge in [0.2, 0.25) is 5.88 Å². The third kappa shape index (κ3) is 2.40. The van der Waals surface area contributed by atoms with Crippen LogP contribution in [0, 0.1) is 11.3 Å². The molecule has 4 heteroatoms. The minimum atomic E-state index is 0.337. The highest BCUT2D eigenvalue weighted by atomic mass is 16.5. The second-order valence-electron chi connectivity index (χ2n) is 3.32. The maximum atomic E-state index is 8.90. The van der Waals surface area contributed by atoms with Crippen molar-refractivity contribution in [2.75, 3.05) is 6.61 Å². The Balaban J connectivity index is 2.45. The topological polar surface area (TPSA) is 58.8 Å². The van der Waals surface area contributed by atoms with Crippen LogP contribution in [0.4, 0.5) is 0 Å². The molecule has 0 aliphatic carbocycles. The standard InChI is InChI=1S/C13H11N3O/c1-2-17-13-11(8-14)9-15-12(16-13)10-6-4-3-5-7-10/h3-7,9H,2H2,1H3. The number of hydrogen-bond donors (Lipinski definition) is 0. The normalized spacial score (nSPS) is 9.65. The van der Waals surface area contributed by atoms with Gasteiger partial charge in [-0.3, -0.25) is 0 Å². The second-order valence-corrected chi connectivity index (χ2v) is 3.32. The molecule has 0 aliphatic heterocycles. The van der Waals surface area contributed by atoms with E-state index in [1.165, 1.54) is 6.20 Å². The van der Waals surface area contributed by atoms with Crippen molar-refractivity contribution in [3.63, 3.8) is 0 Å². The Kier molecular flexibility index (Phi) is 3.31. The van der Waals surface area contributed by atoms with Gasteiger partial charge in [-0.15, -0.1) is 0 Å². The zero-order chi connectivity index (χ0) is 12.1. The molecule has 84 valence electrons. The van der Waals surface area contributed by atoms with Crippen LogP contribution in [0.25, 0.3) is 11.4 Å². The van der Waals surface area contributed by atoms with Crippen molar-refractivity contribution in [3.8, 4) is 23.3 Å². The van der Waals surface area contributed by atoms with E-state index < -0.39 is 0 Å². The van der Waals surface area contributed by atoms with Crippen LogP contribution in [0.15, 0.2) is 36.5 Å². The van der Waals surface area contributed by atoms with Gasteiger partial charge in [-0.05, 0) is 6.92 Å². The molecule has 0 saturated carbocycles. The van der Waals surface area contributed by atoms with Crippen LogP contribution in [0.5, 0.6) is 5.88 Å².